The maximum Gasteiger partial charge on any atom is 0.320 e. The molecule has 2 heterocycles. The molecule has 3 N–H and O–H groups in total. The van der Waals surface area contributed by atoms with Crippen LogP contribution in [0.4, 0.5) is 26.4 Å². The van der Waals surface area contributed by atoms with Crippen molar-refractivity contribution in [3.05, 3.63) is 54.7 Å². The lowest BCUT2D eigenvalue weighted by atomic mass is 10.1. The van der Waals surface area contributed by atoms with Crippen molar-refractivity contribution in [3.63, 3.8) is 0 Å². The van der Waals surface area contributed by atoms with Crippen molar-refractivity contribution < 1.29 is 9.18 Å². The Hall–Kier alpha value is -3.22. The summed E-state index contributed by atoms with van der Waals surface area (Å²) in [6.07, 6.45) is 4.31. The zero-order valence-electron chi connectivity index (χ0n) is 13.0. The van der Waals surface area contributed by atoms with Crippen LogP contribution in [0, 0.1) is 5.82 Å². The highest BCUT2D eigenvalue weighted by atomic mass is 19.1. The SMILES string of the molecule is CCNC(=O)Nc1cc2cccc(Nc3ccncc3F)c2cn1. The van der Waals surface area contributed by atoms with Gasteiger partial charge in [-0.3, -0.25) is 10.3 Å². The molecule has 2 amide bonds. The van der Waals surface area contributed by atoms with Gasteiger partial charge < -0.3 is 10.6 Å². The van der Waals surface area contributed by atoms with Crippen molar-refractivity contribution in [3.8, 4) is 0 Å². The molecular weight excluding hydrogens is 309 g/mol. The summed E-state index contributed by atoms with van der Waals surface area (Å²) in [6, 6.07) is 8.59. The average molecular weight is 325 g/mol. The molecule has 0 unspecified atom stereocenters. The first kappa shape index (κ1) is 15.7. The fourth-order valence-corrected chi connectivity index (χ4v) is 2.29. The van der Waals surface area contributed by atoms with Gasteiger partial charge in [-0.25, -0.2) is 14.2 Å². The summed E-state index contributed by atoms with van der Waals surface area (Å²) in [5.41, 5.74) is 1.05. The molecule has 0 fully saturated rings. The van der Waals surface area contributed by atoms with Crippen LogP contribution in [0.2, 0.25) is 0 Å². The van der Waals surface area contributed by atoms with Crippen LogP contribution in [0.5, 0.6) is 0 Å². The Labute approximate surface area is 138 Å². The number of fused-ring (bicyclic) bond motifs is 1. The Morgan fingerprint density at radius 3 is 2.88 bits per heavy atom. The second-order valence-corrected chi connectivity index (χ2v) is 5.06. The zero-order chi connectivity index (χ0) is 16.9. The first-order chi connectivity index (χ1) is 11.7. The van der Waals surface area contributed by atoms with Gasteiger partial charge in [0, 0.05) is 30.0 Å². The van der Waals surface area contributed by atoms with E-state index in [2.05, 4.69) is 25.9 Å². The van der Waals surface area contributed by atoms with Crippen molar-refractivity contribution in [2.24, 2.45) is 0 Å². The van der Waals surface area contributed by atoms with Crippen LogP contribution in [0.1, 0.15) is 6.92 Å². The smallest absolute Gasteiger partial charge is 0.320 e. The minimum Gasteiger partial charge on any atom is -0.352 e. The number of nitrogens with zero attached hydrogens (tertiary/aromatic N) is 2. The number of urea groups is 1. The van der Waals surface area contributed by atoms with Crippen LogP contribution in [0.3, 0.4) is 0 Å². The molecule has 0 atom stereocenters. The predicted octanol–water partition coefficient (Wildman–Crippen LogP) is 3.65. The number of hydrogen-bond donors (Lipinski definition) is 3. The average Bonchev–Trinajstić information content (AvgIpc) is 2.57. The first-order valence-electron chi connectivity index (χ1n) is 7.47. The molecule has 24 heavy (non-hydrogen) atoms. The van der Waals surface area contributed by atoms with Crippen molar-refractivity contribution in [2.75, 3.05) is 17.2 Å². The van der Waals surface area contributed by atoms with Gasteiger partial charge in [-0.15, -0.1) is 0 Å². The molecule has 6 nitrogen and oxygen atoms in total. The van der Waals surface area contributed by atoms with Crippen molar-refractivity contribution in [1.82, 2.24) is 15.3 Å². The lowest BCUT2D eigenvalue weighted by Crippen LogP contribution is -2.28. The van der Waals surface area contributed by atoms with Crippen LogP contribution in [0.15, 0.2) is 48.9 Å². The molecule has 0 spiro atoms. The minimum absolute atomic E-state index is 0.308. The van der Waals surface area contributed by atoms with E-state index in [1.54, 1.807) is 18.3 Å². The standard InChI is InChI=1S/C17H16FN5O/c1-2-20-17(24)23-16-8-11-4-3-5-14(12(11)9-21-16)22-15-6-7-19-10-13(15)18/h3-10H,2H2,1H3,(H,19,22)(H2,20,21,23,24). The Morgan fingerprint density at radius 2 is 2.08 bits per heavy atom. The maximum atomic E-state index is 13.8. The second-order valence-electron chi connectivity index (χ2n) is 5.06. The molecular formula is C17H16FN5O. The Balaban J connectivity index is 1.91. The highest BCUT2D eigenvalue weighted by Gasteiger charge is 2.07. The number of benzene rings is 1. The number of rotatable bonds is 4. The van der Waals surface area contributed by atoms with Gasteiger partial charge in [0.1, 0.15) is 5.82 Å². The first-order valence-corrected chi connectivity index (χ1v) is 7.47. The number of carbonyl (C=O) groups excluding carboxylic acids is 1. The van der Waals surface area contributed by atoms with E-state index in [9.17, 15) is 9.18 Å². The molecule has 7 heteroatoms. The number of pyridine rings is 2. The Morgan fingerprint density at radius 1 is 1.21 bits per heavy atom. The summed E-state index contributed by atoms with van der Waals surface area (Å²) >= 11 is 0. The molecule has 122 valence electrons. The van der Waals surface area contributed by atoms with E-state index >= 15 is 0 Å². The van der Waals surface area contributed by atoms with Crippen molar-refractivity contribution >= 4 is 34.0 Å². The number of halogens is 1. The summed E-state index contributed by atoms with van der Waals surface area (Å²) in [5.74, 6) is 0.0117. The Bertz CT molecular complexity index is 884. The van der Waals surface area contributed by atoms with Gasteiger partial charge >= 0.3 is 6.03 Å². The van der Waals surface area contributed by atoms with Crippen molar-refractivity contribution in [2.45, 2.75) is 6.92 Å². The molecule has 0 aliphatic rings. The van der Waals surface area contributed by atoms with Gasteiger partial charge in [0.15, 0.2) is 5.82 Å². The molecule has 1 aromatic carbocycles. The third kappa shape index (κ3) is 3.40. The molecule has 0 aliphatic carbocycles. The highest BCUT2D eigenvalue weighted by Crippen LogP contribution is 2.28. The van der Waals surface area contributed by atoms with E-state index < -0.39 is 5.82 Å². The summed E-state index contributed by atoms with van der Waals surface area (Å²) in [6.45, 7) is 2.37. The Kier molecular flexibility index (Phi) is 4.51. The summed E-state index contributed by atoms with van der Waals surface area (Å²) in [4.78, 5) is 19.5. The topological polar surface area (TPSA) is 78.9 Å². The molecule has 0 radical (unpaired) electrons. The van der Waals surface area contributed by atoms with Gasteiger partial charge in [-0.05, 0) is 30.5 Å². The fraction of sp³-hybridized carbons (Fsp3) is 0.118. The molecule has 0 bridgehead atoms. The molecule has 2 aromatic heterocycles. The third-order valence-corrected chi connectivity index (χ3v) is 3.39. The van der Waals surface area contributed by atoms with Crippen LogP contribution >= 0.6 is 0 Å². The quantitative estimate of drug-likeness (QED) is 0.684. The van der Waals surface area contributed by atoms with E-state index in [0.29, 0.717) is 18.1 Å². The number of aromatic nitrogens is 2. The molecule has 3 rings (SSSR count). The number of carbonyl (C=O) groups is 1. The highest BCUT2D eigenvalue weighted by molar-refractivity contribution is 5.97. The third-order valence-electron chi connectivity index (χ3n) is 3.39. The number of nitrogens with one attached hydrogen (secondary N) is 3. The largest absolute Gasteiger partial charge is 0.352 e. The second kappa shape index (κ2) is 6.91. The monoisotopic (exact) mass is 325 g/mol. The van der Waals surface area contributed by atoms with E-state index in [1.807, 2.05) is 25.1 Å². The predicted molar refractivity (Wildman–Crippen MR) is 91.9 cm³/mol. The lowest BCUT2D eigenvalue weighted by molar-refractivity contribution is 0.252. The van der Waals surface area contributed by atoms with Crippen LogP contribution < -0.4 is 16.0 Å². The number of anilines is 3. The summed E-state index contributed by atoms with van der Waals surface area (Å²) in [7, 11) is 0. The lowest BCUT2D eigenvalue weighted by Gasteiger charge is -2.11. The summed E-state index contributed by atoms with van der Waals surface area (Å²) in [5, 5.41) is 10.0. The maximum absolute atomic E-state index is 13.8. The normalized spacial score (nSPS) is 10.4. The molecule has 3 aromatic rings. The fourth-order valence-electron chi connectivity index (χ4n) is 2.29. The van der Waals surface area contributed by atoms with Gasteiger partial charge in [0.05, 0.1) is 11.9 Å². The van der Waals surface area contributed by atoms with Gasteiger partial charge in [0.2, 0.25) is 0 Å². The van der Waals surface area contributed by atoms with Gasteiger partial charge in [-0.1, -0.05) is 12.1 Å². The van der Waals surface area contributed by atoms with Gasteiger partial charge in [-0.2, -0.15) is 0 Å². The molecule has 0 saturated heterocycles. The van der Waals surface area contributed by atoms with Crippen LogP contribution in [-0.2, 0) is 0 Å². The van der Waals surface area contributed by atoms with Crippen molar-refractivity contribution in [1.29, 1.82) is 0 Å². The molecule has 0 aliphatic heterocycles. The van der Waals surface area contributed by atoms with Crippen LogP contribution in [-0.4, -0.2) is 22.5 Å². The minimum atomic E-state index is -0.433. The number of amides is 2. The zero-order valence-corrected chi connectivity index (χ0v) is 13.0. The van der Waals surface area contributed by atoms with E-state index in [-0.39, 0.29) is 6.03 Å². The van der Waals surface area contributed by atoms with E-state index in [0.717, 1.165) is 22.7 Å². The van der Waals surface area contributed by atoms with Gasteiger partial charge in [0.25, 0.3) is 0 Å². The number of hydrogen-bond acceptors (Lipinski definition) is 4. The van der Waals surface area contributed by atoms with E-state index in [1.165, 1.54) is 6.20 Å². The van der Waals surface area contributed by atoms with Crippen LogP contribution in [0.25, 0.3) is 10.8 Å². The molecule has 0 saturated carbocycles. The van der Waals surface area contributed by atoms with E-state index in [4.69, 9.17) is 0 Å². The summed E-state index contributed by atoms with van der Waals surface area (Å²) < 4.78 is 13.8.